The molecule has 0 spiro atoms. The molecule has 0 unspecified atom stereocenters. The van der Waals surface area contributed by atoms with E-state index in [-0.39, 0.29) is 11.4 Å². The van der Waals surface area contributed by atoms with Crippen molar-refractivity contribution < 1.29 is 17.9 Å². The second-order valence-electron chi connectivity index (χ2n) is 4.46. The van der Waals surface area contributed by atoms with Gasteiger partial charge in [-0.2, -0.15) is 0 Å². The van der Waals surface area contributed by atoms with Crippen LogP contribution in [0.15, 0.2) is 29.2 Å². The molecule has 0 saturated heterocycles. The topological polar surface area (TPSA) is 76.7 Å². The van der Waals surface area contributed by atoms with Gasteiger partial charge in [-0.1, -0.05) is 6.92 Å². The predicted octanol–water partition coefficient (Wildman–Crippen LogP) is 0.990. The van der Waals surface area contributed by atoms with E-state index in [0.717, 1.165) is 19.5 Å². The molecule has 0 aliphatic heterocycles. The minimum Gasteiger partial charge on any atom is -0.492 e. The maximum atomic E-state index is 11.9. The molecule has 2 N–H and O–H groups in total. The lowest BCUT2D eigenvalue weighted by molar-refractivity contribution is 0.204. The first-order valence-corrected chi connectivity index (χ1v) is 8.50. The quantitative estimate of drug-likeness (QED) is 0.595. The molecular weight excluding hydrogens is 292 g/mol. The van der Waals surface area contributed by atoms with Gasteiger partial charge in [0.15, 0.2) is 0 Å². The number of sulfonamides is 1. The number of hydrogen-bond donors (Lipinski definition) is 2. The molecule has 0 amide bonds. The van der Waals surface area contributed by atoms with Crippen LogP contribution in [-0.4, -0.2) is 48.4 Å². The Labute approximate surface area is 126 Å². The summed E-state index contributed by atoms with van der Waals surface area (Å²) in [4.78, 5) is 0.218. The molecule has 7 heteroatoms. The SMILES string of the molecule is CCCNCCOc1ccc(S(=O)(=O)NCCOC)cc1. The van der Waals surface area contributed by atoms with Gasteiger partial charge in [0.1, 0.15) is 12.4 Å². The van der Waals surface area contributed by atoms with Gasteiger partial charge in [0, 0.05) is 20.2 Å². The zero-order chi connectivity index (χ0) is 15.6. The van der Waals surface area contributed by atoms with Gasteiger partial charge in [0.2, 0.25) is 10.0 Å². The van der Waals surface area contributed by atoms with Crippen LogP contribution in [0, 0.1) is 0 Å². The van der Waals surface area contributed by atoms with Crippen LogP contribution in [0.5, 0.6) is 5.75 Å². The number of rotatable bonds is 11. The summed E-state index contributed by atoms with van der Waals surface area (Å²) >= 11 is 0. The van der Waals surface area contributed by atoms with Crippen molar-refractivity contribution in [2.45, 2.75) is 18.2 Å². The molecule has 1 aromatic carbocycles. The average Bonchev–Trinajstić information content (AvgIpc) is 2.48. The zero-order valence-corrected chi connectivity index (χ0v) is 13.4. The van der Waals surface area contributed by atoms with E-state index in [0.29, 0.717) is 19.0 Å². The fraction of sp³-hybridized carbons (Fsp3) is 0.571. The smallest absolute Gasteiger partial charge is 0.240 e. The molecular formula is C14H24N2O4S. The minimum atomic E-state index is -3.48. The molecule has 21 heavy (non-hydrogen) atoms. The van der Waals surface area contributed by atoms with E-state index in [2.05, 4.69) is 17.0 Å². The molecule has 0 aromatic heterocycles. The third kappa shape index (κ3) is 6.90. The van der Waals surface area contributed by atoms with Crippen molar-refractivity contribution in [1.29, 1.82) is 0 Å². The fourth-order valence-corrected chi connectivity index (χ4v) is 2.63. The first-order valence-electron chi connectivity index (χ1n) is 7.02. The third-order valence-electron chi connectivity index (χ3n) is 2.71. The molecule has 120 valence electrons. The Bertz CT molecular complexity index is 488. The van der Waals surface area contributed by atoms with Crippen LogP contribution in [0.3, 0.4) is 0 Å². The maximum Gasteiger partial charge on any atom is 0.240 e. The van der Waals surface area contributed by atoms with Gasteiger partial charge in [-0.05, 0) is 37.2 Å². The second kappa shape index (κ2) is 9.73. The number of ether oxygens (including phenoxy) is 2. The van der Waals surface area contributed by atoms with Crippen molar-refractivity contribution in [3.8, 4) is 5.75 Å². The van der Waals surface area contributed by atoms with E-state index in [1.165, 1.54) is 19.2 Å². The predicted molar refractivity (Wildman–Crippen MR) is 82.2 cm³/mol. The first-order chi connectivity index (χ1) is 10.1. The maximum absolute atomic E-state index is 11.9. The molecule has 1 rings (SSSR count). The Morgan fingerprint density at radius 3 is 2.38 bits per heavy atom. The van der Waals surface area contributed by atoms with E-state index >= 15 is 0 Å². The summed E-state index contributed by atoms with van der Waals surface area (Å²) in [7, 11) is -1.96. The van der Waals surface area contributed by atoms with Gasteiger partial charge >= 0.3 is 0 Å². The summed E-state index contributed by atoms with van der Waals surface area (Å²) < 4.78 is 36.7. The Hall–Kier alpha value is -1.15. The lowest BCUT2D eigenvalue weighted by Gasteiger charge is -2.09. The van der Waals surface area contributed by atoms with Crippen LogP contribution in [0.1, 0.15) is 13.3 Å². The molecule has 0 radical (unpaired) electrons. The lowest BCUT2D eigenvalue weighted by Crippen LogP contribution is -2.27. The van der Waals surface area contributed by atoms with Crippen LogP contribution < -0.4 is 14.8 Å². The van der Waals surface area contributed by atoms with E-state index < -0.39 is 10.0 Å². The summed E-state index contributed by atoms with van der Waals surface area (Å²) in [5.41, 5.74) is 0. The molecule has 0 fully saturated rings. The highest BCUT2D eigenvalue weighted by Crippen LogP contribution is 2.15. The Kier molecular flexibility index (Phi) is 8.29. The third-order valence-corrected chi connectivity index (χ3v) is 4.18. The molecule has 0 saturated carbocycles. The van der Waals surface area contributed by atoms with Gasteiger partial charge in [-0.15, -0.1) is 0 Å². The van der Waals surface area contributed by atoms with Crippen molar-refractivity contribution >= 4 is 10.0 Å². The number of hydrogen-bond acceptors (Lipinski definition) is 5. The van der Waals surface area contributed by atoms with Crippen LogP contribution in [0.2, 0.25) is 0 Å². The lowest BCUT2D eigenvalue weighted by atomic mass is 10.3. The summed E-state index contributed by atoms with van der Waals surface area (Å²) in [6.45, 7) is 4.98. The summed E-state index contributed by atoms with van der Waals surface area (Å²) in [5.74, 6) is 0.657. The number of nitrogens with one attached hydrogen (secondary N) is 2. The molecule has 0 atom stereocenters. The van der Waals surface area contributed by atoms with E-state index in [1.54, 1.807) is 12.1 Å². The van der Waals surface area contributed by atoms with Gasteiger partial charge in [0.25, 0.3) is 0 Å². The van der Waals surface area contributed by atoms with Crippen LogP contribution >= 0.6 is 0 Å². The number of benzene rings is 1. The van der Waals surface area contributed by atoms with Gasteiger partial charge < -0.3 is 14.8 Å². The molecule has 1 aromatic rings. The Balaban J connectivity index is 2.45. The minimum absolute atomic E-state index is 0.218. The van der Waals surface area contributed by atoms with Crippen molar-refractivity contribution in [2.75, 3.05) is 40.0 Å². The summed E-state index contributed by atoms with van der Waals surface area (Å²) in [5, 5.41) is 3.23. The van der Waals surface area contributed by atoms with E-state index in [1.807, 2.05) is 0 Å². The molecule has 0 bridgehead atoms. The summed E-state index contributed by atoms with van der Waals surface area (Å²) in [6, 6.07) is 6.38. The molecule has 0 aliphatic carbocycles. The highest BCUT2D eigenvalue weighted by atomic mass is 32.2. The van der Waals surface area contributed by atoms with Crippen LogP contribution in [0.4, 0.5) is 0 Å². The van der Waals surface area contributed by atoms with Crippen molar-refractivity contribution in [2.24, 2.45) is 0 Å². The second-order valence-corrected chi connectivity index (χ2v) is 6.23. The molecule has 0 heterocycles. The summed E-state index contributed by atoms with van der Waals surface area (Å²) in [6.07, 6.45) is 1.09. The fourth-order valence-electron chi connectivity index (χ4n) is 1.62. The van der Waals surface area contributed by atoms with Gasteiger partial charge in [0.05, 0.1) is 11.5 Å². The van der Waals surface area contributed by atoms with Gasteiger partial charge in [-0.3, -0.25) is 0 Å². The highest BCUT2D eigenvalue weighted by Gasteiger charge is 2.12. The first kappa shape index (κ1) is 17.9. The molecule has 6 nitrogen and oxygen atoms in total. The monoisotopic (exact) mass is 316 g/mol. The Morgan fingerprint density at radius 1 is 1.05 bits per heavy atom. The van der Waals surface area contributed by atoms with E-state index in [9.17, 15) is 8.42 Å². The van der Waals surface area contributed by atoms with Crippen molar-refractivity contribution in [1.82, 2.24) is 10.0 Å². The molecule has 0 aliphatic rings. The highest BCUT2D eigenvalue weighted by molar-refractivity contribution is 7.89. The Morgan fingerprint density at radius 2 is 1.76 bits per heavy atom. The van der Waals surface area contributed by atoms with Crippen LogP contribution in [0.25, 0.3) is 0 Å². The normalized spacial score (nSPS) is 11.5. The van der Waals surface area contributed by atoms with Gasteiger partial charge in [-0.25, -0.2) is 13.1 Å². The van der Waals surface area contributed by atoms with Crippen LogP contribution in [-0.2, 0) is 14.8 Å². The van der Waals surface area contributed by atoms with E-state index in [4.69, 9.17) is 9.47 Å². The largest absolute Gasteiger partial charge is 0.492 e. The average molecular weight is 316 g/mol. The number of methoxy groups -OCH3 is 1. The zero-order valence-electron chi connectivity index (χ0n) is 12.6. The van der Waals surface area contributed by atoms with Crippen molar-refractivity contribution in [3.63, 3.8) is 0 Å². The van der Waals surface area contributed by atoms with Crippen molar-refractivity contribution in [3.05, 3.63) is 24.3 Å². The standard InChI is InChI=1S/C14H24N2O4S/c1-3-8-15-9-12-20-13-4-6-14(7-5-13)21(17,18)16-10-11-19-2/h4-7,15-16H,3,8-12H2,1-2H3.